The van der Waals surface area contributed by atoms with Crippen molar-refractivity contribution < 1.29 is 38.1 Å². The molecule has 2 aromatic heterocycles. The van der Waals surface area contributed by atoms with Crippen molar-refractivity contribution in [3.8, 4) is 11.3 Å². The number of anilines is 1. The first-order valence-electron chi connectivity index (χ1n) is 24.0. The number of ether oxygens (including phenoxy) is 4. The summed E-state index contributed by atoms with van der Waals surface area (Å²) in [6.07, 6.45) is 4.40. The topological polar surface area (TPSA) is 172 Å². The largest absolute Gasteiger partial charge is 0.464 e. The normalized spacial score (nSPS) is 24.6. The van der Waals surface area contributed by atoms with E-state index in [1.807, 2.05) is 26.8 Å². The summed E-state index contributed by atoms with van der Waals surface area (Å²) < 4.78 is 26.7. The predicted octanol–water partition coefficient (Wildman–Crippen LogP) is 4.62. The van der Waals surface area contributed by atoms with Crippen LogP contribution in [0.25, 0.3) is 22.2 Å². The molecule has 0 saturated carbocycles. The number of cyclic esters (lactones) is 1. The van der Waals surface area contributed by atoms with Crippen LogP contribution in [0.4, 0.5) is 10.5 Å². The van der Waals surface area contributed by atoms with Gasteiger partial charge in [-0.15, -0.1) is 0 Å². The molecule has 0 radical (unpaired) electrons. The van der Waals surface area contributed by atoms with Gasteiger partial charge in [-0.2, -0.15) is 0 Å². The lowest BCUT2D eigenvalue weighted by Gasteiger charge is -2.41. The molecule has 3 N–H and O–H groups in total. The number of pyridine rings is 1. The molecule has 4 fully saturated rings. The fourth-order valence-corrected chi connectivity index (χ4v) is 10.7. The van der Waals surface area contributed by atoms with Crippen molar-refractivity contribution in [3.05, 3.63) is 47.8 Å². The smallest absolute Gasteiger partial charge is 0.324 e. The Kier molecular flexibility index (Phi) is 14.3. The molecule has 360 valence electrons. The van der Waals surface area contributed by atoms with E-state index in [9.17, 15) is 19.2 Å². The number of hydrogen-bond donors (Lipinski definition) is 3. The Hall–Kier alpha value is -4.81. The molecule has 6 bridgehead atoms. The summed E-state index contributed by atoms with van der Waals surface area (Å²) in [6.45, 7) is 17.3. The number of morpholine rings is 1. The van der Waals surface area contributed by atoms with Gasteiger partial charge in [-0.05, 0) is 87.8 Å². The molecule has 1 aromatic carbocycles. The molecule has 66 heavy (non-hydrogen) atoms. The van der Waals surface area contributed by atoms with Gasteiger partial charge in [-0.1, -0.05) is 27.7 Å². The highest BCUT2D eigenvalue weighted by atomic mass is 16.5. The highest BCUT2D eigenvalue weighted by Gasteiger charge is 2.43. The van der Waals surface area contributed by atoms with Crippen LogP contribution in [0, 0.1) is 11.3 Å². The number of carbonyl (C=O) groups is 4. The number of fused-ring (bicyclic) bond motifs is 6. The second-order valence-corrected chi connectivity index (χ2v) is 20.1. The zero-order valence-corrected chi connectivity index (χ0v) is 40.2. The van der Waals surface area contributed by atoms with Gasteiger partial charge in [0.05, 0.1) is 49.1 Å². The molecule has 4 amide bonds. The Morgan fingerprint density at radius 2 is 1.88 bits per heavy atom. The van der Waals surface area contributed by atoms with E-state index < -0.39 is 41.5 Å². The van der Waals surface area contributed by atoms with E-state index in [4.69, 9.17) is 23.9 Å². The molecule has 17 nitrogen and oxygen atoms in total. The molecule has 3 aromatic rings. The van der Waals surface area contributed by atoms with Crippen LogP contribution in [0.5, 0.6) is 0 Å². The number of aromatic nitrogens is 2. The van der Waals surface area contributed by atoms with E-state index in [1.54, 1.807) is 25.3 Å². The third-order valence-electron chi connectivity index (χ3n) is 14.4. The molecule has 17 heteroatoms. The first-order chi connectivity index (χ1) is 31.6. The maximum atomic E-state index is 14.7. The third kappa shape index (κ3) is 9.78. The second kappa shape index (κ2) is 19.8. The van der Waals surface area contributed by atoms with Crippen molar-refractivity contribution in [1.82, 2.24) is 40.4 Å². The summed E-state index contributed by atoms with van der Waals surface area (Å²) in [5, 5.41) is 8.93. The van der Waals surface area contributed by atoms with Gasteiger partial charge < -0.3 is 43.5 Å². The SMILES string of the molecule is CCn1c(-c2cccnc2[C@H](C)OC)c2c3cc(ccc31)N1CCO[C@@H](C[C@H](NC(=O)[C@H](C(C)C)N(C)C(=O)N3CCC4(CC3)CNCO4)C(=O)N3CCC[C@H](N3)C(=O)OCC(C)(C)C2)C1. The van der Waals surface area contributed by atoms with Crippen LogP contribution in [0.15, 0.2) is 36.5 Å². The Bertz CT molecular complexity index is 2250. The van der Waals surface area contributed by atoms with Crippen LogP contribution >= 0.6 is 0 Å². The van der Waals surface area contributed by atoms with E-state index in [0.29, 0.717) is 78.2 Å². The average Bonchev–Trinajstić information content (AvgIpc) is 3.90. The molecule has 5 atom stereocenters. The number of aryl methyl sites for hydroxylation is 1. The van der Waals surface area contributed by atoms with E-state index >= 15 is 0 Å². The van der Waals surface area contributed by atoms with Crippen molar-refractivity contribution in [1.29, 1.82) is 0 Å². The van der Waals surface area contributed by atoms with Crippen LogP contribution in [-0.2, 0) is 46.3 Å². The number of likely N-dealkylation sites (N-methyl/N-ethyl adjacent to an activating group) is 1. The van der Waals surface area contributed by atoms with Gasteiger partial charge in [-0.25, -0.2) is 10.2 Å². The van der Waals surface area contributed by atoms with E-state index in [0.717, 1.165) is 52.2 Å². The average molecular weight is 914 g/mol. The minimum absolute atomic E-state index is 0.153. The number of methoxy groups -OCH3 is 1. The lowest BCUT2D eigenvalue weighted by Crippen LogP contribution is -2.63. The van der Waals surface area contributed by atoms with Crippen molar-refractivity contribution in [2.24, 2.45) is 11.3 Å². The molecule has 7 heterocycles. The van der Waals surface area contributed by atoms with Crippen LogP contribution in [0.3, 0.4) is 0 Å². The summed E-state index contributed by atoms with van der Waals surface area (Å²) in [5.41, 5.74) is 8.60. The van der Waals surface area contributed by atoms with Crippen LogP contribution in [-0.4, -0.2) is 151 Å². The second-order valence-electron chi connectivity index (χ2n) is 20.1. The standard InChI is InChI=1S/C49H71N9O8/c1-9-57-40-15-14-33-24-36(40)37(43(57)35-12-10-18-51-41(35)32(4)63-8)26-48(5,6)29-65-46(61)38-13-11-19-58(53-38)45(60)39(25-34-27-56(33)22-23-64-34)52-44(59)42(31(2)3)54(7)47(62)55-20-16-49(17-21-55)28-50-30-66-49/h10,12,14-15,18,24,31-32,34,38-39,42,50,53H,9,11,13,16-17,19-23,25-30H2,1-8H3,(H,52,59)/t32-,34-,38-,39-,42-/m0/s1. The highest BCUT2D eigenvalue weighted by Crippen LogP contribution is 2.42. The van der Waals surface area contributed by atoms with Crippen LogP contribution in [0.2, 0.25) is 0 Å². The molecule has 5 aliphatic rings. The number of urea groups is 1. The zero-order valence-electron chi connectivity index (χ0n) is 40.2. The molecule has 5 aliphatic heterocycles. The predicted molar refractivity (Wildman–Crippen MR) is 250 cm³/mol. The molecule has 0 unspecified atom stereocenters. The number of nitrogens with zero attached hydrogens (tertiary/aromatic N) is 6. The molecular weight excluding hydrogens is 843 g/mol. The minimum atomic E-state index is -1.02. The number of benzene rings is 1. The van der Waals surface area contributed by atoms with Gasteiger partial charge in [0, 0.05) is 100 Å². The van der Waals surface area contributed by atoms with Gasteiger partial charge in [0.25, 0.3) is 5.91 Å². The van der Waals surface area contributed by atoms with Crippen molar-refractivity contribution >= 4 is 40.4 Å². The fourth-order valence-electron chi connectivity index (χ4n) is 10.7. The van der Waals surface area contributed by atoms with Crippen LogP contribution < -0.4 is 21.0 Å². The van der Waals surface area contributed by atoms with E-state index in [2.05, 4.69) is 70.6 Å². The number of hydrogen-bond acceptors (Lipinski definition) is 12. The number of carbonyl (C=O) groups excluding carboxylic acids is 4. The van der Waals surface area contributed by atoms with Gasteiger partial charge in [0.2, 0.25) is 5.91 Å². The summed E-state index contributed by atoms with van der Waals surface area (Å²) >= 11 is 0. The Morgan fingerprint density at radius 3 is 2.59 bits per heavy atom. The summed E-state index contributed by atoms with van der Waals surface area (Å²) in [5.74, 6) is -1.49. The lowest BCUT2D eigenvalue weighted by atomic mass is 9.84. The lowest BCUT2D eigenvalue weighted by molar-refractivity contribution is -0.156. The molecule has 8 rings (SSSR count). The third-order valence-corrected chi connectivity index (χ3v) is 14.4. The maximum absolute atomic E-state index is 14.7. The van der Waals surface area contributed by atoms with Gasteiger partial charge in [0.15, 0.2) is 0 Å². The number of likely N-dealkylation sites (tertiary alicyclic amines) is 1. The van der Waals surface area contributed by atoms with E-state index in [-0.39, 0.29) is 42.6 Å². The summed E-state index contributed by atoms with van der Waals surface area (Å²) in [7, 11) is 3.36. The Balaban J connectivity index is 1.12. The monoisotopic (exact) mass is 914 g/mol. The van der Waals surface area contributed by atoms with Gasteiger partial charge in [0.1, 0.15) is 18.1 Å². The molecule has 4 saturated heterocycles. The summed E-state index contributed by atoms with van der Waals surface area (Å²) in [6, 6.07) is 7.81. The zero-order chi connectivity index (χ0) is 46.9. The number of hydrazine groups is 1. The Morgan fingerprint density at radius 1 is 1.09 bits per heavy atom. The van der Waals surface area contributed by atoms with Crippen LogP contribution in [0.1, 0.15) is 91.0 Å². The van der Waals surface area contributed by atoms with Crippen molar-refractivity contribution in [3.63, 3.8) is 0 Å². The fraction of sp³-hybridized carbons (Fsp3) is 0.653. The molecule has 0 aliphatic carbocycles. The first kappa shape index (κ1) is 47.7. The molecular formula is C49H71N9O8. The number of amides is 4. The minimum Gasteiger partial charge on any atom is -0.464 e. The molecule has 1 spiro atoms. The maximum Gasteiger partial charge on any atom is 0.324 e. The van der Waals surface area contributed by atoms with Crippen molar-refractivity contribution in [2.75, 3.05) is 78.3 Å². The Labute approximate surface area is 389 Å². The summed E-state index contributed by atoms with van der Waals surface area (Å²) in [4.78, 5) is 67.7. The number of esters is 1. The first-order valence-corrected chi connectivity index (χ1v) is 24.0. The number of nitrogens with one attached hydrogen (secondary N) is 3. The number of piperidine rings is 1. The quantitative estimate of drug-likeness (QED) is 0.269. The number of rotatable bonds is 8. The highest BCUT2D eigenvalue weighted by molar-refractivity contribution is 5.95. The van der Waals surface area contributed by atoms with Crippen molar-refractivity contribution in [2.45, 2.75) is 123 Å². The van der Waals surface area contributed by atoms with E-state index in [1.165, 1.54) is 9.91 Å². The van der Waals surface area contributed by atoms with Gasteiger partial charge >= 0.3 is 12.0 Å². The van der Waals surface area contributed by atoms with Gasteiger partial charge in [-0.3, -0.25) is 29.7 Å².